The van der Waals surface area contributed by atoms with E-state index in [0.717, 1.165) is 12.8 Å². The molecule has 1 amide bonds. The van der Waals surface area contributed by atoms with Gasteiger partial charge in [0.15, 0.2) is 9.84 Å². The third-order valence-electron chi connectivity index (χ3n) is 4.12. The molecular weight excluding hydrogens is 266 g/mol. The van der Waals surface area contributed by atoms with Crippen molar-refractivity contribution in [3.8, 4) is 0 Å². The SMILES string of the molecule is CCNC(CN1CCS(=O)(=O)CC1)(C(N)=O)C1CC1. The quantitative estimate of drug-likeness (QED) is 0.651. The van der Waals surface area contributed by atoms with Crippen molar-refractivity contribution in [2.75, 3.05) is 37.7 Å². The summed E-state index contributed by atoms with van der Waals surface area (Å²) < 4.78 is 22.9. The number of amides is 1. The predicted octanol–water partition coefficient (Wildman–Crippen LogP) is -1.04. The highest BCUT2D eigenvalue weighted by Gasteiger charge is 2.50. The van der Waals surface area contributed by atoms with Gasteiger partial charge in [-0.1, -0.05) is 6.92 Å². The molecule has 1 aliphatic carbocycles. The Morgan fingerprint density at radius 1 is 1.37 bits per heavy atom. The number of carbonyl (C=O) groups excluding carboxylic acids is 1. The second-order valence-electron chi connectivity index (χ2n) is 5.57. The van der Waals surface area contributed by atoms with Gasteiger partial charge in [-0.25, -0.2) is 8.42 Å². The Balaban J connectivity index is 2.06. The molecule has 0 bridgehead atoms. The van der Waals surface area contributed by atoms with Crippen LogP contribution >= 0.6 is 0 Å². The summed E-state index contributed by atoms with van der Waals surface area (Å²) in [7, 11) is -2.89. The van der Waals surface area contributed by atoms with Crippen molar-refractivity contribution in [2.45, 2.75) is 25.3 Å². The molecule has 0 spiro atoms. The monoisotopic (exact) mass is 289 g/mol. The first kappa shape index (κ1) is 14.7. The maximum absolute atomic E-state index is 11.9. The number of primary amides is 1. The van der Waals surface area contributed by atoms with E-state index in [2.05, 4.69) is 5.32 Å². The second kappa shape index (κ2) is 5.38. The van der Waals surface area contributed by atoms with Gasteiger partial charge in [0.05, 0.1) is 11.5 Å². The number of hydrogen-bond acceptors (Lipinski definition) is 5. The van der Waals surface area contributed by atoms with Crippen LogP contribution in [0.2, 0.25) is 0 Å². The van der Waals surface area contributed by atoms with Crippen LogP contribution in [-0.4, -0.2) is 62.4 Å². The highest BCUT2D eigenvalue weighted by atomic mass is 32.2. The molecule has 19 heavy (non-hydrogen) atoms. The molecule has 0 aromatic carbocycles. The summed E-state index contributed by atoms with van der Waals surface area (Å²) in [5.74, 6) is 0.339. The van der Waals surface area contributed by atoms with Gasteiger partial charge in [-0.2, -0.15) is 0 Å². The number of likely N-dealkylation sites (N-methyl/N-ethyl adjacent to an activating group) is 1. The van der Waals surface area contributed by atoms with Crippen molar-refractivity contribution in [2.24, 2.45) is 11.7 Å². The molecule has 1 unspecified atom stereocenters. The molecule has 6 nitrogen and oxygen atoms in total. The fraction of sp³-hybridized carbons (Fsp3) is 0.917. The first-order valence-corrected chi connectivity index (χ1v) is 8.69. The number of nitrogens with two attached hydrogens (primary N) is 1. The van der Waals surface area contributed by atoms with E-state index in [1.54, 1.807) is 0 Å². The zero-order valence-corrected chi connectivity index (χ0v) is 12.2. The van der Waals surface area contributed by atoms with Gasteiger partial charge in [0.2, 0.25) is 5.91 Å². The molecule has 2 fully saturated rings. The Hall–Kier alpha value is -0.660. The Labute approximate surface area is 114 Å². The molecule has 1 saturated carbocycles. The van der Waals surface area contributed by atoms with E-state index in [1.807, 2.05) is 11.8 Å². The Bertz CT molecular complexity index is 433. The first-order valence-electron chi connectivity index (χ1n) is 6.87. The number of hydrogen-bond donors (Lipinski definition) is 2. The van der Waals surface area contributed by atoms with Gasteiger partial charge >= 0.3 is 0 Å². The van der Waals surface area contributed by atoms with Crippen molar-refractivity contribution in [1.82, 2.24) is 10.2 Å². The third-order valence-corrected chi connectivity index (χ3v) is 5.73. The van der Waals surface area contributed by atoms with Crippen LogP contribution in [-0.2, 0) is 14.6 Å². The van der Waals surface area contributed by atoms with Crippen molar-refractivity contribution >= 4 is 15.7 Å². The van der Waals surface area contributed by atoms with Gasteiger partial charge in [0, 0.05) is 19.6 Å². The number of sulfone groups is 1. The van der Waals surface area contributed by atoms with Crippen LogP contribution in [0.5, 0.6) is 0 Å². The normalized spacial score (nSPS) is 26.8. The lowest BCUT2D eigenvalue weighted by Gasteiger charge is -2.38. The molecule has 110 valence electrons. The summed E-state index contributed by atoms with van der Waals surface area (Å²) in [5.41, 5.74) is 4.94. The largest absolute Gasteiger partial charge is 0.368 e. The summed E-state index contributed by atoms with van der Waals surface area (Å²) in [5, 5.41) is 3.26. The van der Waals surface area contributed by atoms with Gasteiger partial charge in [-0.3, -0.25) is 9.69 Å². The van der Waals surface area contributed by atoms with E-state index in [4.69, 9.17) is 5.73 Å². The van der Waals surface area contributed by atoms with E-state index in [9.17, 15) is 13.2 Å². The van der Waals surface area contributed by atoms with Gasteiger partial charge in [0.25, 0.3) is 0 Å². The van der Waals surface area contributed by atoms with Gasteiger partial charge in [-0.05, 0) is 25.3 Å². The average Bonchev–Trinajstić information content (AvgIpc) is 3.15. The van der Waals surface area contributed by atoms with Crippen molar-refractivity contribution in [1.29, 1.82) is 0 Å². The molecule has 1 saturated heterocycles. The van der Waals surface area contributed by atoms with Crippen LogP contribution in [0, 0.1) is 5.92 Å². The lowest BCUT2D eigenvalue weighted by Crippen LogP contribution is -2.64. The first-order chi connectivity index (χ1) is 8.89. The maximum atomic E-state index is 11.9. The molecule has 3 N–H and O–H groups in total. The standard InChI is InChI=1S/C12H23N3O3S/c1-2-14-12(11(13)16,10-3-4-10)9-15-5-7-19(17,18)8-6-15/h10,14H,2-9H2,1H3,(H2,13,16). The topological polar surface area (TPSA) is 92.5 Å². The van der Waals surface area contributed by atoms with Crippen LogP contribution in [0.25, 0.3) is 0 Å². The van der Waals surface area contributed by atoms with Crippen LogP contribution in [0.4, 0.5) is 0 Å². The second-order valence-corrected chi connectivity index (χ2v) is 7.87. The molecule has 7 heteroatoms. The average molecular weight is 289 g/mol. The van der Waals surface area contributed by atoms with Gasteiger partial charge in [-0.15, -0.1) is 0 Å². The summed E-state index contributed by atoms with van der Waals surface area (Å²) >= 11 is 0. The summed E-state index contributed by atoms with van der Waals surface area (Å²) in [4.78, 5) is 14.0. The Morgan fingerprint density at radius 3 is 2.37 bits per heavy atom. The number of nitrogens with zero attached hydrogens (tertiary/aromatic N) is 1. The lowest BCUT2D eigenvalue weighted by molar-refractivity contribution is -0.126. The highest BCUT2D eigenvalue weighted by molar-refractivity contribution is 7.91. The van der Waals surface area contributed by atoms with Crippen molar-refractivity contribution in [3.63, 3.8) is 0 Å². The number of carbonyl (C=O) groups is 1. The zero-order valence-electron chi connectivity index (χ0n) is 11.4. The van der Waals surface area contributed by atoms with Crippen LogP contribution in [0.15, 0.2) is 0 Å². The zero-order chi connectivity index (χ0) is 14.1. The summed E-state index contributed by atoms with van der Waals surface area (Å²) in [6.07, 6.45) is 2.03. The Morgan fingerprint density at radius 2 is 1.95 bits per heavy atom. The number of nitrogens with one attached hydrogen (secondary N) is 1. The fourth-order valence-electron chi connectivity index (χ4n) is 2.85. The molecule has 1 heterocycles. The summed E-state index contributed by atoms with van der Waals surface area (Å²) in [6.45, 7) is 4.16. The van der Waals surface area contributed by atoms with E-state index in [0.29, 0.717) is 32.1 Å². The van der Waals surface area contributed by atoms with E-state index >= 15 is 0 Å². The van der Waals surface area contributed by atoms with Crippen LogP contribution < -0.4 is 11.1 Å². The molecule has 0 radical (unpaired) electrons. The molecular formula is C12H23N3O3S. The number of rotatable bonds is 6. The van der Waals surface area contributed by atoms with Gasteiger partial charge in [0.1, 0.15) is 5.54 Å². The van der Waals surface area contributed by atoms with Crippen LogP contribution in [0.3, 0.4) is 0 Å². The minimum absolute atomic E-state index is 0.179. The van der Waals surface area contributed by atoms with Crippen molar-refractivity contribution < 1.29 is 13.2 Å². The van der Waals surface area contributed by atoms with Crippen molar-refractivity contribution in [3.05, 3.63) is 0 Å². The van der Waals surface area contributed by atoms with E-state index in [1.165, 1.54) is 0 Å². The molecule has 2 rings (SSSR count). The predicted molar refractivity (Wildman–Crippen MR) is 73.4 cm³/mol. The van der Waals surface area contributed by atoms with Crippen LogP contribution in [0.1, 0.15) is 19.8 Å². The summed E-state index contributed by atoms with van der Waals surface area (Å²) in [6, 6.07) is 0. The third kappa shape index (κ3) is 3.27. The van der Waals surface area contributed by atoms with Gasteiger partial charge < -0.3 is 11.1 Å². The Kier molecular flexibility index (Phi) is 4.17. The molecule has 1 aliphatic heterocycles. The van der Waals surface area contributed by atoms with E-state index in [-0.39, 0.29) is 17.4 Å². The molecule has 2 aliphatic rings. The fourth-order valence-corrected chi connectivity index (χ4v) is 4.13. The molecule has 0 aromatic rings. The minimum Gasteiger partial charge on any atom is -0.368 e. The smallest absolute Gasteiger partial charge is 0.239 e. The maximum Gasteiger partial charge on any atom is 0.239 e. The minimum atomic E-state index is -2.89. The lowest BCUT2D eigenvalue weighted by atomic mass is 9.91. The molecule has 1 atom stereocenters. The van der Waals surface area contributed by atoms with E-state index < -0.39 is 15.4 Å². The highest BCUT2D eigenvalue weighted by Crippen LogP contribution is 2.40. The molecule has 0 aromatic heterocycles.